The van der Waals surface area contributed by atoms with Gasteiger partial charge in [0.25, 0.3) is 0 Å². The van der Waals surface area contributed by atoms with Crippen LogP contribution in [0, 0.1) is 6.92 Å². The van der Waals surface area contributed by atoms with Crippen LogP contribution in [0.1, 0.15) is 17.8 Å². The monoisotopic (exact) mass is 241 g/mol. The summed E-state index contributed by atoms with van der Waals surface area (Å²) >= 11 is 0. The summed E-state index contributed by atoms with van der Waals surface area (Å²) in [4.78, 5) is 20.0. The molecule has 1 N–H and O–H groups in total. The van der Waals surface area contributed by atoms with Crippen molar-refractivity contribution in [2.24, 2.45) is 0 Å². The Balaban J connectivity index is 1.86. The third-order valence-electron chi connectivity index (χ3n) is 2.51. The van der Waals surface area contributed by atoms with Gasteiger partial charge in [0.1, 0.15) is 0 Å². The molecular weight excluding hydrogens is 226 g/mol. The Hall–Kier alpha value is -2.23. The fourth-order valence-electron chi connectivity index (χ4n) is 1.63. The number of rotatable bonds is 4. The second-order valence-electron chi connectivity index (χ2n) is 4.06. The molecule has 0 radical (unpaired) electrons. The molecule has 0 saturated heterocycles. The molecule has 0 bridgehead atoms. The number of aryl methyl sites for hydroxylation is 2. The van der Waals surface area contributed by atoms with Crippen molar-refractivity contribution in [3.05, 3.63) is 54.1 Å². The van der Waals surface area contributed by atoms with Crippen molar-refractivity contribution in [2.45, 2.75) is 19.8 Å². The zero-order valence-electron chi connectivity index (χ0n) is 10.3. The average Bonchev–Trinajstić information content (AvgIpc) is 2.38. The summed E-state index contributed by atoms with van der Waals surface area (Å²) in [6.07, 6.45) is 4.50. The van der Waals surface area contributed by atoms with Gasteiger partial charge in [-0.15, -0.1) is 0 Å². The Kier molecular flexibility index (Phi) is 4.02. The van der Waals surface area contributed by atoms with Crippen molar-refractivity contribution in [3.63, 3.8) is 0 Å². The quantitative estimate of drug-likeness (QED) is 0.894. The summed E-state index contributed by atoms with van der Waals surface area (Å²) in [6.45, 7) is 1.89. The van der Waals surface area contributed by atoms with Crippen molar-refractivity contribution in [2.75, 3.05) is 5.32 Å². The number of amides is 1. The normalized spacial score (nSPS) is 10.1. The van der Waals surface area contributed by atoms with Gasteiger partial charge in [-0.2, -0.15) is 0 Å². The topological polar surface area (TPSA) is 54.9 Å². The Morgan fingerprint density at radius 2 is 2.11 bits per heavy atom. The molecule has 2 rings (SSSR count). The highest BCUT2D eigenvalue weighted by Crippen LogP contribution is 2.08. The maximum atomic E-state index is 11.7. The predicted octanol–water partition coefficient (Wildman–Crippen LogP) is 2.36. The van der Waals surface area contributed by atoms with Gasteiger partial charge in [0.15, 0.2) is 0 Å². The SMILES string of the molecule is Cc1cc(NC(=O)CCc2ccccn2)ccn1. The molecule has 2 aromatic rings. The number of carbonyl (C=O) groups is 1. The maximum Gasteiger partial charge on any atom is 0.224 e. The molecule has 2 aromatic heterocycles. The van der Waals surface area contributed by atoms with E-state index in [4.69, 9.17) is 0 Å². The minimum Gasteiger partial charge on any atom is -0.326 e. The highest BCUT2D eigenvalue weighted by molar-refractivity contribution is 5.90. The molecule has 0 saturated carbocycles. The molecule has 0 atom stereocenters. The third kappa shape index (κ3) is 3.66. The first-order valence-corrected chi connectivity index (χ1v) is 5.86. The van der Waals surface area contributed by atoms with Gasteiger partial charge in [0.2, 0.25) is 5.91 Å². The molecule has 0 spiro atoms. The maximum absolute atomic E-state index is 11.7. The van der Waals surface area contributed by atoms with Crippen LogP contribution in [0.2, 0.25) is 0 Å². The molecule has 18 heavy (non-hydrogen) atoms. The van der Waals surface area contributed by atoms with Crippen LogP contribution in [-0.4, -0.2) is 15.9 Å². The van der Waals surface area contributed by atoms with E-state index in [0.29, 0.717) is 12.8 Å². The molecule has 0 aliphatic rings. The van der Waals surface area contributed by atoms with Crippen molar-refractivity contribution in [3.8, 4) is 0 Å². The van der Waals surface area contributed by atoms with E-state index in [1.54, 1.807) is 18.5 Å². The first-order chi connectivity index (χ1) is 8.74. The minimum absolute atomic E-state index is 0.00810. The van der Waals surface area contributed by atoms with E-state index in [-0.39, 0.29) is 5.91 Å². The number of aromatic nitrogens is 2. The molecular formula is C14H15N3O. The molecule has 0 aliphatic heterocycles. The lowest BCUT2D eigenvalue weighted by molar-refractivity contribution is -0.116. The van der Waals surface area contributed by atoms with E-state index in [2.05, 4.69) is 15.3 Å². The zero-order valence-corrected chi connectivity index (χ0v) is 10.3. The second kappa shape index (κ2) is 5.91. The molecule has 0 fully saturated rings. The number of nitrogens with one attached hydrogen (secondary N) is 1. The lowest BCUT2D eigenvalue weighted by atomic mass is 10.2. The molecule has 1 amide bonds. The summed E-state index contributed by atoms with van der Waals surface area (Å²) < 4.78 is 0. The van der Waals surface area contributed by atoms with E-state index in [1.165, 1.54) is 0 Å². The van der Waals surface area contributed by atoms with Gasteiger partial charge in [0, 0.05) is 35.9 Å². The van der Waals surface area contributed by atoms with Crippen LogP contribution in [0.4, 0.5) is 5.69 Å². The van der Waals surface area contributed by atoms with Crippen LogP contribution >= 0.6 is 0 Å². The van der Waals surface area contributed by atoms with Crippen molar-refractivity contribution >= 4 is 11.6 Å². The fourth-order valence-corrected chi connectivity index (χ4v) is 1.63. The number of carbonyl (C=O) groups excluding carboxylic acids is 1. The summed E-state index contributed by atoms with van der Waals surface area (Å²) in [7, 11) is 0. The minimum atomic E-state index is -0.00810. The lowest BCUT2D eigenvalue weighted by Crippen LogP contribution is -2.12. The van der Waals surface area contributed by atoms with Crippen molar-refractivity contribution in [1.29, 1.82) is 0 Å². The Morgan fingerprint density at radius 3 is 2.83 bits per heavy atom. The van der Waals surface area contributed by atoms with Gasteiger partial charge >= 0.3 is 0 Å². The van der Waals surface area contributed by atoms with E-state index in [1.807, 2.05) is 31.2 Å². The molecule has 0 unspecified atom stereocenters. The molecule has 0 aliphatic carbocycles. The van der Waals surface area contributed by atoms with Crippen LogP contribution in [0.3, 0.4) is 0 Å². The van der Waals surface area contributed by atoms with E-state index >= 15 is 0 Å². The van der Waals surface area contributed by atoms with Gasteiger partial charge in [-0.05, 0) is 37.6 Å². The Morgan fingerprint density at radius 1 is 1.22 bits per heavy atom. The number of hydrogen-bond donors (Lipinski definition) is 1. The summed E-state index contributed by atoms with van der Waals surface area (Å²) in [5, 5.41) is 2.85. The number of pyridine rings is 2. The van der Waals surface area contributed by atoms with Crippen LogP contribution in [0.5, 0.6) is 0 Å². The zero-order chi connectivity index (χ0) is 12.8. The Bertz CT molecular complexity index is 526. The first kappa shape index (κ1) is 12.2. The van der Waals surface area contributed by atoms with Gasteiger partial charge in [-0.1, -0.05) is 6.07 Å². The fraction of sp³-hybridized carbons (Fsp3) is 0.214. The van der Waals surface area contributed by atoms with E-state index in [9.17, 15) is 4.79 Å². The molecule has 4 nitrogen and oxygen atoms in total. The largest absolute Gasteiger partial charge is 0.326 e. The van der Waals surface area contributed by atoms with Gasteiger partial charge < -0.3 is 5.32 Å². The number of anilines is 1. The average molecular weight is 241 g/mol. The number of hydrogen-bond acceptors (Lipinski definition) is 3. The Labute approximate surface area is 106 Å². The van der Waals surface area contributed by atoms with Gasteiger partial charge in [-0.3, -0.25) is 14.8 Å². The lowest BCUT2D eigenvalue weighted by Gasteiger charge is -2.05. The summed E-state index contributed by atoms with van der Waals surface area (Å²) in [5.74, 6) is -0.00810. The molecule has 2 heterocycles. The van der Waals surface area contributed by atoms with Crippen molar-refractivity contribution < 1.29 is 4.79 Å². The van der Waals surface area contributed by atoms with Gasteiger partial charge in [0.05, 0.1) is 0 Å². The van der Waals surface area contributed by atoms with Crippen LogP contribution in [-0.2, 0) is 11.2 Å². The molecule has 0 aromatic carbocycles. The smallest absolute Gasteiger partial charge is 0.224 e. The van der Waals surface area contributed by atoms with Gasteiger partial charge in [-0.25, -0.2) is 0 Å². The van der Waals surface area contributed by atoms with Crippen LogP contribution in [0.25, 0.3) is 0 Å². The van der Waals surface area contributed by atoms with Crippen molar-refractivity contribution in [1.82, 2.24) is 9.97 Å². The second-order valence-corrected chi connectivity index (χ2v) is 4.06. The predicted molar refractivity (Wildman–Crippen MR) is 70.2 cm³/mol. The highest BCUT2D eigenvalue weighted by Gasteiger charge is 2.03. The van der Waals surface area contributed by atoms with Crippen LogP contribution in [0.15, 0.2) is 42.7 Å². The molecule has 4 heteroatoms. The number of nitrogens with zero attached hydrogens (tertiary/aromatic N) is 2. The van der Waals surface area contributed by atoms with E-state index in [0.717, 1.165) is 17.1 Å². The summed E-state index contributed by atoms with van der Waals surface area (Å²) in [6, 6.07) is 9.34. The van der Waals surface area contributed by atoms with Crippen LogP contribution < -0.4 is 5.32 Å². The first-order valence-electron chi connectivity index (χ1n) is 5.86. The third-order valence-corrected chi connectivity index (χ3v) is 2.51. The standard InChI is InChI=1S/C14H15N3O/c1-11-10-13(7-9-15-11)17-14(18)6-5-12-4-2-3-8-16-12/h2-4,7-10H,5-6H2,1H3,(H,15,17,18). The highest BCUT2D eigenvalue weighted by atomic mass is 16.1. The molecule has 92 valence electrons. The van der Waals surface area contributed by atoms with E-state index < -0.39 is 0 Å². The summed E-state index contributed by atoms with van der Waals surface area (Å²) in [5.41, 5.74) is 2.60.